The summed E-state index contributed by atoms with van der Waals surface area (Å²) in [5.74, 6) is 1.45. The minimum Gasteiger partial charge on any atom is -0.390 e. The van der Waals surface area contributed by atoms with Crippen molar-refractivity contribution in [3.63, 3.8) is 0 Å². The molecule has 1 heteroatoms. The zero-order valence-electron chi connectivity index (χ0n) is 8.76. The van der Waals surface area contributed by atoms with Crippen molar-refractivity contribution >= 4 is 0 Å². The summed E-state index contributed by atoms with van der Waals surface area (Å²) in [5, 5.41) is 10.5. The largest absolute Gasteiger partial charge is 0.390 e. The number of rotatable bonds is 2. The van der Waals surface area contributed by atoms with Crippen LogP contribution in [0.1, 0.15) is 58.3 Å². The molecule has 1 nitrogen and oxygen atoms in total. The molecule has 2 fully saturated rings. The van der Waals surface area contributed by atoms with Gasteiger partial charge in [0.05, 0.1) is 5.60 Å². The molecule has 76 valence electrons. The Kier molecular flexibility index (Phi) is 2.64. The fourth-order valence-electron chi connectivity index (χ4n) is 3.34. The van der Waals surface area contributed by atoms with Crippen LogP contribution in [-0.4, -0.2) is 10.7 Å². The van der Waals surface area contributed by atoms with Crippen molar-refractivity contribution in [3.05, 3.63) is 0 Å². The molecule has 0 saturated heterocycles. The average molecular weight is 182 g/mol. The number of hydrogen-bond acceptors (Lipinski definition) is 1. The van der Waals surface area contributed by atoms with Gasteiger partial charge in [0.2, 0.25) is 0 Å². The van der Waals surface area contributed by atoms with E-state index in [-0.39, 0.29) is 5.60 Å². The van der Waals surface area contributed by atoms with Crippen molar-refractivity contribution in [1.82, 2.24) is 0 Å². The average Bonchev–Trinajstić information content (AvgIpc) is 2.72. The van der Waals surface area contributed by atoms with E-state index in [1.54, 1.807) is 0 Å². The third-order valence-corrected chi connectivity index (χ3v) is 4.32. The molecule has 0 aromatic carbocycles. The van der Waals surface area contributed by atoms with Gasteiger partial charge in [-0.1, -0.05) is 26.2 Å². The third kappa shape index (κ3) is 1.76. The number of hydrogen-bond donors (Lipinski definition) is 1. The maximum atomic E-state index is 10.5. The zero-order valence-corrected chi connectivity index (χ0v) is 8.76. The second-order valence-corrected chi connectivity index (χ2v) is 5.10. The predicted molar refractivity (Wildman–Crippen MR) is 54.5 cm³/mol. The molecular formula is C12H22O. The van der Waals surface area contributed by atoms with Crippen molar-refractivity contribution in [2.75, 3.05) is 0 Å². The minimum absolute atomic E-state index is 0.253. The summed E-state index contributed by atoms with van der Waals surface area (Å²) in [6, 6.07) is 0. The first-order valence-electron chi connectivity index (χ1n) is 5.97. The molecule has 0 aliphatic heterocycles. The van der Waals surface area contributed by atoms with E-state index in [2.05, 4.69) is 6.92 Å². The standard InChI is InChI=1S/C12H22O/c1-2-10-7-8-12(13,9-10)11-5-3-4-6-11/h10-11,13H,2-9H2,1H3. The second kappa shape index (κ2) is 3.61. The van der Waals surface area contributed by atoms with E-state index in [4.69, 9.17) is 0 Å². The third-order valence-electron chi connectivity index (χ3n) is 4.32. The zero-order chi connectivity index (χ0) is 9.31. The Morgan fingerprint density at radius 1 is 1.23 bits per heavy atom. The van der Waals surface area contributed by atoms with Gasteiger partial charge < -0.3 is 5.11 Å². The molecule has 2 rings (SSSR count). The first-order chi connectivity index (χ1) is 6.24. The highest BCUT2D eigenvalue weighted by molar-refractivity contribution is 4.95. The summed E-state index contributed by atoms with van der Waals surface area (Å²) in [7, 11) is 0. The van der Waals surface area contributed by atoms with Crippen LogP contribution in [0.4, 0.5) is 0 Å². The SMILES string of the molecule is CCC1CCC(O)(C2CCCC2)C1. The van der Waals surface area contributed by atoms with Crippen LogP contribution in [0.25, 0.3) is 0 Å². The number of aliphatic hydroxyl groups is 1. The summed E-state index contributed by atoms with van der Waals surface area (Å²) in [6.07, 6.45) is 9.97. The van der Waals surface area contributed by atoms with Gasteiger partial charge in [-0.05, 0) is 43.9 Å². The first-order valence-corrected chi connectivity index (χ1v) is 5.97. The molecule has 2 aliphatic rings. The summed E-state index contributed by atoms with van der Waals surface area (Å²) in [5.41, 5.74) is -0.253. The van der Waals surface area contributed by atoms with Crippen molar-refractivity contribution in [2.24, 2.45) is 11.8 Å². The smallest absolute Gasteiger partial charge is 0.0678 e. The topological polar surface area (TPSA) is 20.2 Å². The molecule has 0 radical (unpaired) electrons. The maximum absolute atomic E-state index is 10.5. The molecule has 1 N–H and O–H groups in total. The van der Waals surface area contributed by atoms with Crippen LogP contribution in [-0.2, 0) is 0 Å². The van der Waals surface area contributed by atoms with Crippen LogP contribution in [0.3, 0.4) is 0 Å². The van der Waals surface area contributed by atoms with Crippen LogP contribution >= 0.6 is 0 Å². The molecule has 2 atom stereocenters. The van der Waals surface area contributed by atoms with E-state index in [1.165, 1.54) is 38.5 Å². The molecule has 2 aliphatic carbocycles. The summed E-state index contributed by atoms with van der Waals surface area (Å²) in [4.78, 5) is 0. The van der Waals surface area contributed by atoms with Crippen LogP contribution in [0.5, 0.6) is 0 Å². The summed E-state index contributed by atoms with van der Waals surface area (Å²) < 4.78 is 0. The molecule has 0 aromatic heterocycles. The second-order valence-electron chi connectivity index (χ2n) is 5.10. The van der Waals surface area contributed by atoms with Gasteiger partial charge in [-0.3, -0.25) is 0 Å². The van der Waals surface area contributed by atoms with Crippen LogP contribution < -0.4 is 0 Å². The van der Waals surface area contributed by atoms with Gasteiger partial charge in [0.15, 0.2) is 0 Å². The van der Waals surface area contributed by atoms with E-state index in [0.29, 0.717) is 5.92 Å². The van der Waals surface area contributed by atoms with Gasteiger partial charge in [0.25, 0.3) is 0 Å². The van der Waals surface area contributed by atoms with Crippen LogP contribution in [0, 0.1) is 11.8 Å². The van der Waals surface area contributed by atoms with Gasteiger partial charge in [-0.15, -0.1) is 0 Å². The van der Waals surface area contributed by atoms with E-state index >= 15 is 0 Å². The van der Waals surface area contributed by atoms with Crippen LogP contribution in [0.15, 0.2) is 0 Å². The van der Waals surface area contributed by atoms with E-state index in [0.717, 1.165) is 18.8 Å². The molecule has 0 heterocycles. The van der Waals surface area contributed by atoms with Gasteiger partial charge in [-0.25, -0.2) is 0 Å². The molecule has 0 spiro atoms. The first kappa shape index (κ1) is 9.51. The predicted octanol–water partition coefficient (Wildman–Crippen LogP) is 3.12. The lowest BCUT2D eigenvalue weighted by molar-refractivity contribution is -0.0134. The fraction of sp³-hybridized carbons (Fsp3) is 1.00. The lowest BCUT2D eigenvalue weighted by atomic mass is 9.84. The molecule has 0 aromatic rings. The molecule has 0 bridgehead atoms. The van der Waals surface area contributed by atoms with Crippen molar-refractivity contribution in [2.45, 2.75) is 63.9 Å². The Bertz CT molecular complexity index is 172. The van der Waals surface area contributed by atoms with Gasteiger partial charge in [0.1, 0.15) is 0 Å². The monoisotopic (exact) mass is 182 g/mol. The highest BCUT2D eigenvalue weighted by Gasteiger charge is 2.43. The van der Waals surface area contributed by atoms with E-state index < -0.39 is 0 Å². The molecule has 2 unspecified atom stereocenters. The van der Waals surface area contributed by atoms with Crippen molar-refractivity contribution in [3.8, 4) is 0 Å². The Hall–Kier alpha value is -0.0400. The van der Waals surface area contributed by atoms with Gasteiger partial charge >= 0.3 is 0 Å². The Balaban J connectivity index is 1.96. The van der Waals surface area contributed by atoms with Crippen LogP contribution in [0.2, 0.25) is 0 Å². The Morgan fingerprint density at radius 3 is 2.46 bits per heavy atom. The van der Waals surface area contributed by atoms with Crippen molar-refractivity contribution < 1.29 is 5.11 Å². The Labute approximate surface area is 81.5 Å². The summed E-state index contributed by atoms with van der Waals surface area (Å²) in [6.45, 7) is 2.26. The van der Waals surface area contributed by atoms with E-state index in [9.17, 15) is 5.11 Å². The highest BCUT2D eigenvalue weighted by Crippen LogP contribution is 2.46. The van der Waals surface area contributed by atoms with Gasteiger partial charge in [0, 0.05) is 0 Å². The lowest BCUT2D eigenvalue weighted by Gasteiger charge is -2.29. The molecule has 2 saturated carbocycles. The Morgan fingerprint density at radius 2 is 1.92 bits per heavy atom. The lowest BCUT2D eigenvalue weighted by Crippen LogP contribution is -2.33. The normalized spacial score (nSPS) is 41.5. The van der Waals surface area contributed by atoms with Gasteiger partial charge in [-0.2, -0.15) is 0 Å². The molecule has 0 amide bonds. The quantitative estimate of drug-likeness (QED) is 0.695. The molecular weight excluding hydrogens is 160 g/mol. The molecule has 13 heavy (non-hydrogen) atoms. The fourth-order valence-corrected chi connectivity index (χ4v) is 3.34. The maximum Gasteiger partial charge on any atom is 0.0678 e. The minimum atomic E-state index is -0.253. The van der Waals surface area contributed by atoms with E-state index in [1.807, 2.05) is 0 Å². The van der Waals surface area contributed by atoms with Crippen molar-refractivity contribution in [1.29, 1.82) is 0 Å². The highest BCUT2D eigenvalue weighted by atomic mass is 16.3. The summed E-state index contributed by atoms with van der Waals surface area (Å²) >= 11 is 0.